The summed E-state index contributed by atoms with van der Waals surface area (Å²) in [7, 11) is -4.51. The third-order valence-electron chi connectivity index (χ3n) is 5.90. The molecule has 1 N–H and O–H groups in total. The number of carbonyl (C=O) groups is 1. The highest BCUT2D eigenvalue weighted by atomic mass is 32.2. The number of aromatic nitrogens is 3. The highest BCUT2D eigenvalue weighted by Crippen LogP contribution is 2.39. The molecule has 0 bridgehead atoms. The summed E-state index contributed by atoms with van der Waals surface area (Å²) in [5.74, 6) is -0.944. The molecule has 0 spiro atoms. The Morgan fingerprint density at radius 2 is 1.69 bits per heavy atom. The van der Waals surface area contributed by atoms with Crippen LogP contribution in [0.2, 0.25) is 0 Å². The summed E-state index contributed by atoms with van der Waals surface area (Å²) in [4.78, 5) is 17.0. The molecule has 1 saturated heterocycles. The molecule has 0 amide bonds. The minimum Gasteiger partial charge on any atom is -0.480 e. The van der Waals surface area contributed by atoms with E-state index in [4.69, 9.17) is 0 Å². The minimum absolute atomic E-state index is 0.306. The molecule has 3 heterocycles. The number of hydrogen-bond acceptors (Lipinski definition) is 6. The Bertz CT molecular complexity index is 1380. The van der Waals surface area contributed by atoms with E-state index in [0.29, 0.717) is 34.7 Å². The number of hydrogen-bond donors (Lipinski definition) is 1. The number of halogens is 3. The SMILES string of the molecule is Cc1cc(-n2nc(C)cc2N2CC(S(=O)(=O)c3ccccc3C(F)(F)F)CC2C(=O)O)cc(C)n1. The van der Waals surface area contributed by atoms with Crippen molar-refractivity contribution < 1.29 is 31.5 Å². The lowest BCUT2D eigenvalue weighted by Gasteiger charge is -2.24. The number of anilines is 1. The first-order valence-corrected chi connectivity index (χ1v) is 12.3. The van der Waals surface area contributed by atoms with Crippen LogP contribution in [0.5, 0.6) is 0 Å². The molecule has 0 aliphatic carbocycles. The average Bonchev–Trinajstić information content (AvgIpc) is 3.37. The van der Waals surface area contributed by atoms with Crippen molar-refractivity contribution in [2.24, 2.45) is 0 Å². The van der Waals surface area contributed by atoms with E-state index in [2.05, 4.69) is 10.1 Å². The Labute approximate surface area is 199 Å². The molecule has 8 nitrogen and oxygen atoms in total. The zero-order valence-corrected chi connectivity index (χ0v) is 19.9. The van der Waals surface area contributed by atoms with E-state index >= 15 is 0 Å². The van der Waals surface area contributed by atoms with Crippen LogP contribution < -0.4 is 4.90 Å². The second kappa shape index (κ2) is 8.67. The molecule has 35 heavy (non-hydrogen) atoms. The number of nitrogens with zero attached hydrogens (tertiary/aromatic N) is 4. The van der Waals surface area contributed by atoms with Gasteiger partial charge in [-0.15, -0.1) is 0 Å². The molecule has 3 aromatic rings. The molecule has 4 rings (SSSR count). The standard InChI is InChI=1S/C23H23F3N4O4S/c1-13-8-16(9-14(2)27-13)30-21(10-15(3)28-30)29-12-17(11-19(29)22(31)32)35(33,34)20-7-5-4-6-18(20)23(24,25)26/h4-10,17,19H,11-12H2,1-3H3,(H,31,32). The van der Waals surface area contributed by atoms with Gasteiger partial charge in [-0.05, 0) is 51.5 Å². The van der Waals surface area contributed by atoms with Crippen molar-refractivity contribution in [3.8, 4) is 5.69 Å². The van der Waals surface area contributed by atoms with Crippen molar-refractivity contribution in [2.45, 2.75) is 49.6 Å². The second-order valence-electron chi connectivity index (χ2n) is 8.57. The van der Waals surface area contributed by atoms with Crippen LogP contribution in [0.1, 0.15) is 29.1 Å². The molecule has 2 atom stereocenters. The summed E-state index contributed by atoms with van der Waals surface area (Å²) < 4.78 is 68.8. The Morgan fingerprint density at radius 1 is 1.06 bits per heavy atom. The van der Waals surface area contributed by atoms with Crippen LogP contribution in [0.15, 0.2) is 47.4 Å². The van der Waals surface area contributed by atoms with E-state index in [9.17, 15) is 31.5 Å². The maximum absolute atomic E-state index is 13.5. The fourth-order valence-corrected chi connectivity index (χ4v) is 6.36. The lowest BCUT2D eigenvalue weighted by Crippen LogP contribution is -2.37. The summed E-state index contributed by atoms with van der Waals surface area (Å²) in [6, 6.07) is 7.81. The highest BCUT2D eigenvalue weighted by molar-refractivity contribution is 7.92. The van der Waals surface area contributed by atoms with Gasteiger partial charge in [-0.1, -0.05) is 12.1 Å². The first kappa shape index (κ1) is 24.7. The topological polar surface area (TPSA) is 105 Å². The first-order valence-electron chi connectivity index (χ1n) is 10.7. The van der Waals surface area contributed by atoms with Gasteiger partial charge in [0, 0.05) is 24.0 Å². The van der Waals surface area contributed by atoms with Gasteiger partial charge in [0.25, 0.3) is 0 Å². The van der Waals surface area contributed by atoms with E-state index in [1.54, 1.807) is 39.0 Å². The smallest absolute Gasteiger partial charge is 0.417 e. The summed E-state index contributed by atoms with van der Waals surface area (Å²) in [5.41, 5.74) is 1.31. The summed E-state index contributed by atoms with van der Waals surface area (Å²) in [6.45, 7) is 4.99. The number of pyridine rings is 1. The molecule has 186 valence electrons. The Hall–Kier alpha value is -3.41. The number of alkyl halides is 3. The van der Waals surface area contributed by atoms with E-state index in [1.165, 1.54) is 15.6 Å². The van der Waals surface area contributed by atoms with Crippen LogP contribution in [0.4, 0.5) is 19.0 Å². The van der Waals surface area contributed by atoms with Gasteiger partial charge in [0.1, 0.15) is 11.9 Å². The molecule has 2 unspecified atom stereocenters. The maximum atomic E-state index is 13.5. The van der Waals surface area contributed by atoms with Crippen LogP contribution in [-0.2, 0) is 20.8 Å². The lowest BCUT2D eigenvalue weighted by atomic mass is 10.2. The molecule has 2 aromatic heterocycles. The number of rotatable bonds is 5. The van der Waals surface area contributed by atoms with Gasteiger partial charge in [0.15, 0.2) is 9.84 Å². The van der Waals surface area contributed by atoms with E-state index < -0.39 is 43.7 Å². The van der Waals surface area contributed by atoms with Crippen LogP contribution in [0.3, 0.4) is 0 Å². The van der Waals surface area contributed by atoms with Crippen LogP contribution in [0, 0.1) is 20.8 Å². The predicted molar refractivity (Wildman–Crippen MR) is 121 cm³/mol. The Morgan fingerprint density at radius 3 is 2.29 bits per heavy atom. The second-order valence-corrected chi connectivity index (χ2v) is 10.8. The first-order chi connectivity index (χ1) is 16.3. The van der Waals surface area contributed by atoms with Gasteiger partial charge >= 0.3 is 12.1 Å². The molecular weight excluding hydrogens is 485 g/mol. The largest absolute Gasteiger partial charge is 0.480 e. The van der Waals surface area contributed by atoms with Gasteiger partial charge in [0.05, 0.1) is 27.1 Å². The molecule has 12 heteroatoms. The number of sulfone groups is 1. The maximum Gasteiger partial charge on any atom is 0.417 e. The molecule has 1 aliphatic heterocycles. The third kappa shape index (κ3) is 4.62. The van der Waals surface area contributed by atoms with Gasteiger partial charge in [-0.25, -0.2) is 17.9 Å². The molecule has 1 aromatic carbocycles. The zero-order chi connectivity index (χ0) is 25.7. The molecule has 0 saturated carbocycles. The van der Waals surface area contributed by atoms with Crippen molar-refractivity contribution in [1.82, 2.24) is 14.8 Å². The summed E-state index contributed by atoms with van der Waals surface area (Å²) >= 11 is 0. The Balaban J connectivity index is 1.79. The van der Waals surface area contributed by atoms with Crippen molar-refractivity contribution >= 4 is 21.6 Å². The number of aliphatic carboxylic acids is 1. The normalized spacial score (nSPS) is 18.7. The van der Waals surface area contributed by atoms with Crippen LogP contribution in [0.25, 0.3) is 5.69 Å². The molecule has 0 radical (unpaired) electrons. The van der Waals surface area contributed by atoms with Crippen LogP contribution in [-0.4, -0.2) is 52.1 Å². The van der Waals surface area contributed by atoms with Crippen molar-refractivity contribution in [3.63, 3.8) is 0 Å². The van der Waals surface area contributed by atoms with E-state index in [-0.39, 0.29) is 13.0 Å². The summed E-state index contributed by atoms with van der Waals surface area (Å²) in [6.07, 6.45) is -5.25. The highest BCUT2D eigenvalue weighted by Gasteiger charge is 2.47. The van der Waals surface area contributed by atoms with Gasteiger partial charge in [-0.2, -0.15) is 18.3 Å². The molecule has 1 aliphatic rings. The lowest BCUT2D eigenvalue weighted by molar-refractivity contribution is -0.140. The predicted octanol–water partition coefficient (Wildman–Crippen LogP) is 3.72. The third-order valence-corrected chi connectivity index (χ3v) is 8.09. The van der Waals surface area contributed by atoms with Crippen molar-refractivity contribution in [1.29, 1.82) is 0 Å². The zero-order valence-electron chi connectivity index (χ0n) is 19.1. The molecule has 1 fully saturated rings. The Kier molecular flexibility index (Phi) is 6.12. The quantitative estimate of drug-likeness (QED) is 0.560. The number of carboxylic acid groups (broad SMARTS) is 1. The molecular formula is C23H23F3N4O4S. The van der Waals surface area contributed by atoms with Gasteiger partial charge in [0.2, 0.25) is 0 Å². The van der Waals surface area contributed by atoms with Gasteiger partial charge in [-0.3, -0.25) is 4.98 Å². The van der Waals surface area contributed by atoms with E-state index in [1.807, 2.05) is 0 Å². The van der Waals surface area contributed by atoms with Crippen molar-refractivity contribution in [3.05, 3.63) is 65.1 Å². The fraction of sp³-hybridized carbons (Fsp3) is 0.348. The number of carboxylic acids is 1. The van der Waals surface area contributed by atoms with Gasteiger partial charge < -0.3 is 10.0 Å². The fourth-order valence-electron chi connectivity index (χ4n) is 4.45. The van der Waals surface area contributed by atoms with Crippen LogP contribution >= 0.6 is 0 Å². The average molecular weight is 509 g/mol. The minimum atomic E-state index is -4.87. The number of benzene rings is 1. The monoisotopic (exact) mass is 508 g/mol. The van der Waals surface area contributed by atoms with E-state index in [0.717, 1.165) is 12.1 Å². The number of aryl methyl sites for hydroxylation is 3. The van der Waals surface area contributed by atoms with Crippen molar-refractivity contribution in [2.75, 3.05) is 11.4 Å². The summed E-state index contributed by atoms with van der Waals surface area (Å²) in [5, 5.41) is 13.0.